The van der Waals surface area contributed by atoms with Gasteiger partial charge in [-0.25, -0.2) is 0 Å². The molecule has 216 valence electrons. The second-order valence-electron chi connectivity index (χ2n) is 8.52. The molecule has 0 fully saturated rings. The zero-order valence-electron chi connectivity index (χ0n) is 22.8. The molecule has 0 saturated carbocycles. The van der Waals surface area contributed by atoms with Gasteiger partial charge in [-0.2, -0.15) is 0 Å². The van der Waals surface area contributed by atoms with Crippen molar-refractivity contribution in [2.75, 3.05) is 26.4 Å². The van der Waals surface area contributed by atoms with Gasteiger partial charge < -0.3 is 18.9 Å². The van der Waals surface area contributed by atoms with Crippen molar-refractivity contribution in [1.82, 2.24) is 0 Å². The molecule has 0 aromatic carbocycles. The summed E-state index contributed by atoms with van der Waals surface area (Å²) in [7, 11) is 0. The predicted molar refractivity (Wildman–Crippen MR) is 133 cm³/mol. The average molecular weight is 545 g/mol. The van der Waals surface area contributed by atoms with Crippen LogP contribution in [0.2, 0.25) is 0 Å². The highest BCUT2D eigenvalue weighted by atomic mass is 16.5. The van der Waals surface area contributed by atoms with E-state index in [1.165, 1.54) is 27.7 Å². The molecule has 12 heteroatoms. The van der Waals surface area contributed by atoms with Crippen LogP contribution >= 0.6 is 0 Å². The lowest BCUT2D eigenvalue weighted by atomic mass is 10.2. The number of esters is 4. The summed E-state index contributed by atoms with van der Waals surface area (Å²) < 4.78 is 19.3. The Hall–Kier alpha value is -3.44. The molecule has 0 atom stereocenters. The second-order valence-corrected chi connectivity index (χ2v) is 8.52. The molecule has 0 aliphatic rings. The van der Waals surface area contributed by atoms with Crippen LogP contribution in [-0.2, 0) is 57.3 Å². The first-order valence-corrected chi connectivity index (χ1v) is 12.4. The zero-order valence-corrected chi connectivity index (χ0v) is 22.8. The van der Waals surface area contributed by atoms with E-state index in [4.69, 9.17) is 18.9 Å². The number of Topliss-reactive ketones (excluding diaryl/α,β-unsaturated/α-hetero) is 4. The van der Waals surface area contributed by atoms with E-state index in [9.17, 15) is 38.4 Å². The lowest BCUT2D eigenvalue weighted by molar-refractivity contribution is -0.148. The maximum Gasteiger partial charge on any atom is 0.313 e. The van der Waals surface area contributed by atoms with Crippen molar-refractivity contribution in [2.24, 2.45) is 0 Å². The Kier molecular flexibility index (Phi) is 23.1. The van der Waals surface area contributed by atoms with E-state index < -0.39 is 23.9 Å². The van der Waals surface area contributed by atoms with E-state index >= 15 is 0 Å². The Balaban J connectivity index is 0. The standard InChI is InChI=1S/C14H22O6.C12H18O6/c1-11(15)9-13(17)19-7-5-3-4-6-8-20-14(18)10-12(2)16;1-9(13)7-11(15)17-5-3-4-6-18-12(16)8-10(2)14/h3-10H2,1-2H3;3-8H2,1-2H3. The smallest absolute Gasteiger partial charge is 0.313 e. The maximum absolute atomic E-state index is 11.0. The largest absolute Gasteiger partial charge is 0.465 e. The number of ether oxygens (including phenoxy) is 4. The third kappa shape index (κ3) is 30.6. The van der Waals surface area contributed by atoms with Gasteiger partial charge in [0, 0.05) is 0 Å². The molecular weight excluding hydrogens is 504 g/mol. The number of ketones is 4. The SMILES string of the molecule is CC(=O)CC(=O)OCCCCCCOC(=O)CC(C)=O.CC(=O)CC(=O)OCCCCOC(=O)CC(C)=O. The molecular formula is C26H40O12. The highest BCUT2D eigenvalue weighted by Crippen LogP contribution is 2.02. The first-order chi connectivity index (χ1) is 17.8. The topological polar surface area (TPSA) is 173 Å². The third-order valence-corrected chi connectivity index (χ3v) is 4.20. The van der Waals surface area contributed by atoms with Gasteiger partial charge >= 0.3 is 23.9 Å². The molecule has 0 saturated heterocycles. The van der Waals surface area contributed by atoms with Crippen LogP contribution in [0.3, 0.4) is 0 Å². The number of rotatable bonds is 20. The van der Waals surface area contributed by atoms with Gasteiger partial charge in [-0.3, -0.25) is 38.4 Å². The third-order valence-electron chi connectivity index (χ3n) is 4.20. The van der Waals surface area contributed by atoms with Gasteiger partial charge in [-0.15, -0.1) is 0 Å². The fourth-order valence-corrected chi connectivity index (χ4v) is 2.52. The van der Waals surface area contributed by atoms with Crippen LogP contribution in [0.4, 0.5) is 0 Å². The maximum atomic E-state index is 11.0. The fraction of sp³-hybridized carbons (Fsp3) is 0.692. The van der Waals surface area contributed by atoms with E-state index in [1.807, 2.05) is 0 Å². The Bertz CT molecular complexity index is 734. The number of hydrogen-bond acceptors (Lipinski definition) is 12. The van der Waals surface area contributed by atoms with Crippen LogP contribution in [0.5, 0.6) is 0 Å². The van der Waals surface area contributed by atoms with Gasteiger partial charge in [0.15, 0.2) is 0 Å². The van der Waals surface area contributed by atoms with Crippen LogP contribution in [-0.4, -0.2) is 73.4 Å². The molecule has 0 aromatic heterocycles. The highest BCUT2D eigenvalue weighted by molar-refractivity contribution is 5.95. The summed E-state index contributed by atoms with van der Waals surface area (Å²) in [5.41, 5.74) is 0. The molecule has 0 radical (unpaired) electrons. The van der Waals surface area contributed by atoms with E-state index in [0.29, 0.717) is 38.9 Å². The summed E-state index contributed by atoms with van der Waals surface area (Å²) in [6.45, 7) is 6.30. The summed E-state index contributed by atoms with van der Waals surface area (Å²) in [6.07, 6.45) is 3.42. The normalized spacial score (nSPS) is 9.79. The summed E-state index contributed by atoms with van der Waals surface area (Å²) in [5.74, 6) is -2.96. The molecule has 0 aromatic rings. The van der Waals surface area contributed by atoms with Crippen molar-refractivity contribution in [3.05, 3.63) is 0 Å². The minimum absolute atomic E-state index is 0.175. The summed E-state index contributed by atoms with van der Waals surface area (Å²) in [4.78, 5) is 86.3. The quantitative estimate of drug-likeness (QED) is 0.0949. The molecule has 0 spiro atoms. The van der Waals surface area contributed by atoms with E-state index in [2.05, 4.69) is 0 Å². The Morgan fingerprint density at radius 1 is 0.342 bits per heavy atom. The van der Waals surface area contributed by atoms with Gasteiger partial charge in [0.2, 0.25) is 0 Å². The Labute approximate surface area is 223 Å². The van der Waals surface area contributed by atoms with Crippen LogP contribution in [0, 0.1) is 0 Å². The van der Waals surface area contributed by atoms with Crippen molar-refractivity contribution in [3.8, 4) is 0 Å². The van der Waals surface area contributed by atoms with Crippen LogP contribution in [0.15, 0.2) is 0 Å². The average Bonchev–Trinajstić information content (AvgIpc) is 2.76. The predicted octanol–water partition coefficient (Wildman–Crippen LogP) is 2.40. The first kappa shape index (κ1) is 36.7. The summed E-state index contributed by atoms with van der Waals surface area (Å²) in [6, 6.07) is 0. The zero-order chi connectivity index (χ0) is 29.3. The second kappa shape index (κ2) is 23.9. The number of unbranched alkanes of at least 4 members (excludes halogenated alkanes) is 4. The summed E-state index contributed by atoms with van der Waals surface area (Å²) >= 11 is 0. The molecule has 0 heterocycles. The molecule has 0 rings (SSSR count). The summed E-state index contributed by atoms with van der Waals surface area (Å²) in [5, 5.41) is 0. The Morgan fingerprint density at radius 3 is 0.711 bits per heavy atom. The van der Waals surface area contributed by atoms with E-state index in [1.54, 1.807) is 0 Å². The van der Waals surface area contributed by atoms with Gasteiger partial charge in [0.1, 0.15) is 48.8 Å². The molecule has 0 amide bonds. The van der Waals surface area contributed by atoms with E-state index in [0.717, 1.165) is 12.8 Å². The minimum atomic E-state index is -0.545. The lowest BCUT2D eigenvalue weighted by Crippen LogP contribution is -2.12. The Morgan fingerprint density at radius 2 is 0.526 bits per heavy atom. The van der Waals surface area contributed by atoms with Crippen molar-refractivity contribution >= 4 is 47.0 Å². The molecule has 0 aliphatic carbocycles. The van der Waals surface area contributed by atoms with Crippen molar-refractivity contribution in [3.63, 3.8) is 0 Å². The van der Waals surface area contributed by atoms with E-state index in [-0.39, 0.29) is 62.0 Å². The molecule has 0 unspecified atom stereocenters. The van der Waals surface area contributed by atoms with Gasteiger partial charge in [0.05, 0.1) is 26.4 Å². The molecule has 0 N–H and O–H groups in total. The van der Waals surface area contributed by atoms with Crippen molar-refractivity contribution in [1.29, 1.82) is 0 Å². The monoisotopic (exact) mass is 544 g/mol. The molecule has 12 nitrogen and oxygen atoms in total. The van der Waals surface area contributed by atoms with Gasteiger partial charge in [0.25, 0.3) is 0 Å². The number of carbonyl (C=O) groups is 8. The van der Waals surface area contributed by atoms with Crippen molar-refractivity contribution < 1.29 is 57.3 Å². The number of hydrogen-bond donors (Lipinski definition) is 0. The highest BCUT2D eigenvalue weighted by Gasteiger charge is 2.08. The molecule has 0 aliphatic heterocycles. The van der Waals surface area contributed by atoms with Crippen LogP contribution in [0.25, 0.3) is 0 Å². The van der Waals surface area contributed by atoms with Gasteiger partial charge in [-0.1, -0.05) is 0 Å². The number of carbonyl (C=O) groups excluding carboxylic acids is 8. The van der Waals surface area contributed by atoms with Crippen LogP contribution < -0.4 is 0 Å². The minimum Gasteiger partial charge on any atom is -0.465 e. The first-order valence-electron chi connectivity index (χ1n) is 12.4. The van der Waals surface area contributed by atoms with Gasteiger partial charge in [-0.05, 0) is 66.2 Å². The van der Waals surface area contributed by atoms with Crippen molar-refractivity contribution in [2.45, 2.75) is 91.9 Å². The van der Waals surface area contributed by atoms with Crippen LogP contribution in [0.1, 0.15) is 91.9 Å². The molecule has 38 heavy (non-hydrogen) atoms. The fourth-order valence-electron chi connectivity index (χ4n) is 2.52. The molecule has 0 bridgehead atoms. The lowest BCUT2D eigenvalue weighted by Gasteiger charge is -2.05.